The van der Waals surface area contributed by atoms with Gasteiger partial charge in [-0.15, -0.1) is 10.2 Å². The smallest absolute Gasteiger partial charge is 0.220 e. The van der Waals surface area contributed by atoms with Crippen molar-refractivity contribution in [2.75, 3.05) is 20.3 Å². The fourth-order valence-corrected chi connectivity index (χ4v) is 4.42. The molecule has 3 aromatic rings. The lowest BCUT2D eigenvalue weighted by Gasteiger charge is -2.17. The van der Waals surface area contributed by atoms with E-state index in [0.29, 0.717) is 33.7 Å². The summed E-state index contributed by atoms with van der Waals surface area (Å²) in [6, 6.07) is 9.08. The highest BCUT2D eigenvalue weighted by Gasteiger charge is 2.26. The lowest BCUT2D eigenvalue weighted by molar-refractivity contribution is -0.479. The Balaban J connectivity index is 2.01. The van der Waals surface area contributed by atoms with E-state index < -0.39 is 16.7 Å². The van der Waals surface area contributed by atoms with Crippen LogP contribution in [0.15, 0.2) is 54.2 Å². The molecule has 8 nitrogen and oxygen atoms in total. The van der Waals surface area contributed by atoms with Crippen molar-refractivity contribution in [3.63, 3.8) is 0 Å². The van der Waals surface area contributed by atoms with Gasteiger partial charge in [0, 0.05) is 10.6 Å². The highest BCUT2D eigenvalue weighted by Crippen LogP contribution is 2.43. The summed E-state index contributed by atoms with van der Waals surface area (Å²) in [7, 11) is 1.46. The van der Waals surface area contributed by atoms with Crippen molar-refractivity contribution in [3.8, 4) is 17.2 Å². The largest absolute Gasteiger partial charge is 0.493 e. The molecular weight excluding hydrogens is 459 g/mol. The molecule has 0 radical (unpaired) electrons. The normalized spacial score (nSPS) is 11.8. The summed E-state index contributed by atoms with van der Waals surface area (Å²) >= 11 is 7.54. The summed E-state index contributed by atoms with van der Waals surface area (Å²) in [6.07, 6.45) is 1.57. The van der Waals surface area contributed by atoms with Crippen LogP contribution in [0.25, 0.3) is 5.69 Å². The van der Waals surface area contributed by atoms with Crippen LogP contribution in [-0.4, -0.2) is 39.9 Å². The number of hydrogen-bond acceptors (Lipinski definition) is 7. The lowest BCUT2D eigenvalue weighted by Crippen LogP contribution is -2.12. The van der Waals surface area contributed by atoms with Gasteiger partial charge in [0.05, 0.1) is 12.1 Å². The Morgan fingerprint density at radius 1 is 1.34 bits per heavy atom. The van der Waals surface area contributed by atoms with Crippen molar-refractivity contribution < 1.29 is 18.8 Å². The van der Waals surface area contributed by atoms with Crippen LogP contribution < -0.4 is 9.47 Å². The van der Waals surface area contributed by atoms with E-state index in [2.05, 4.69) is 16.8 Å². The summed E-state index contributed by atoms with van der Waals surface area (Å²) in [4.78, 5) is 11.0. The van der Waals surface area contributed by atoms with Crippen LogP contribution in [0, 0.1) is 22.9 Å². The van der Waals surface area contributed by atoms with Gasteiger partial charge in [-0.05, 0) is 48.9 Å². The minimum absolute atomic E-state index is 0.225. The number of nitro groups is 1. The minimum atomic E-state index is -0.660. The fourth-order valence-electron chi connectivity index (χ4n) is 2.99. The molecule has 0 saturated carbocycles. The Labute approximate surface area is 193 Å². The van der Waals surface area contributed by atoms with Gasteiger partial charge >= 0.3 is 0 Å². The maximum absolute atomic E-state index is 13.4. The first-order chi connectivity index (χ1) is 15.3. The predicted molar refractivity (Wildman–Crippen MR) is 120 cm³/mol. The maximum atomic E-state index is 13.4. The summed E-state index contributed by atoms with van der Waals surface area (Å²) in [5.74, 6) is 0.857. The average molecular weight is 479 g/mol. The first kappa shape index (κ1) is 23.6. The monoisotopic (exact) mass is 478 g/mol. The van der Waals surface area contributed by atoms with E-state index in [1.165, 1.54) is 19.2 Å². The first-order valence-corrected chi connectivity index (χ1v) is 10.7. The second kappa shape index (κ2) is 10.5. The number of methoxy groups -OCH3 is 1. The molecule has 0 spiro atoms. The molecule has 0 aliphatic rings. The summed E-state index contributed by atoms with van der Waals surface area (Å²) in [5.41, 5.74) is 1.20. The van der Waals surface area contributed by atoms with Crippen molar-refractivity contribution in [1.82, 2.24) is 14.8 Å². The number of aromatic nitrogens is 3. The van der Waals surface area contributed by atoms with E-state index in [4.69, 9.17) is 21.1 Å². The van der Waals surface area contributed by atoms with Gasteiger partial charge in [-0.2, -0.15) is 0 Å². The SMILES string of the molecule is C=CCOc1c(Cl)cc([C@@H](C[N+](=O)[O-])Sc2nnc(C)n2-c2ccc(F)cc2)cc1OC. The molecule has 0 N–H and O–H groups in total. The maximum Gasteiger partial charge on any atom is 0.220 e. The number of thioether (sulfide) groups is 1. The molecule has 1 atom stereocenters. The van der Waals surface area contributed by atoms with Gasteiger partial charge in [-0.25, -0.2) is 4.39 Å². The van der Waals surface area contributed by atoms with Crippen LogP contribution in [0.2, 0.25) is 5.02 Å². The first-order valence-electron chi connectivity index (χ1n) is 9.41. The lowest BCUT2D eigenvalue weighted by atomic mass is 10.1. The van der Waals surface area contributed by atoms with Gasteiger partial charge < -0.3 is 9.47 Å². The molecule has 1 aromatic heterocycles. The molecule has 1 heterocycles. The molecule has 11 heteroatoms. The summed E-state index contributed by atoms with van der Waals surface area (Å²) in [5, 5.41) is 19.7. The van der Waals surface area contributed by atoms with Crippen LogP contribution in [0.4, 0.5) is 4.39 Å². The third-order valence-corrected chi connectivity index (χ3v) is 5.87. The number of rotatable bonds is 10. The van der Waals surface area contributed by atoms with Crippen molar-refractivity contribution in [2.45, 2.75) is 17.3 Å². The van der Waals surface area contributed by atoms with Crippen LogP contribution in [0.3, 0.4) is 0 Å². The molecule has 168 valence electrons. The Hall–Kier alpha value is -3.11. The molecule has 0 saturated heterocycles. The average Bonchev–Trinajstić information content (AvgIpc) is 3.12. The highest BCUT2D eigenvalue weighted by molar-refractivity contribution is 7.99. The van der Waals surface area contributed by atoms with E-state index in [-0.39, 0.29) is 17.4 Å². The van der Waals surface area contributed by atoms with Gasteiger partial charge in [0.15, 0.2) is 16.7 Å². The zero-order chi connectivity index (χ0) is 23.3. The molecule has 2 aromatic carbocycles. The fraction of sp³-hybridized carbons (Fsp3) is 0.238. The number of benzene rings is 2. The number of nitrogens with zero attached hydrogens (tertiary/aromatic N) is 4. The predicted octanol–water partition coefficient (Wildman–Crippen LogP) is 5.05. The number of hydrogen-bond donors (Lipinski definition) is 0. The molecule has 0 unspecified atom stereocenters. The molecule has 0 aliphatic carbocycles. The minimum Gasteiger partial charge on any atom is -0.493 e. The zero-order valence-electron chi connectivity index (χ0n) is 17.3. The van der Waals surface area contributed by atoms with Crippen molar-refractivity contribution in [2.24, 2.45) is 0 Å². The van der Waals surface area contributed by atoms with Crippen molar-refractivity contribution in [1.29, 1.82) is 0 Å². The van der Waals surface area contributed by atoms with Crippen molar-refractivity contribution in [3.05, 3.63) is 81.4 Å². The molecule has 0 aliphatic heterocycles. The van der Waals surface area contributed by atoms with Crippen LogP contribution >= 0.6 is 23.4 Å². The molecule has 0 bridgehead atoms. The Bertz CT molecular complexity index is 1120. The summed E-state index contributed by atoms with van der Waals surface area (Å²) in [6.45, 7) is 5.18. The quantitative estimate of drug-likeness (QED) is 0.174. The van der Waals surface area contributed by atoms with E-state index in [0.717, 1.165) is 11.8 Å². The van der Waals surface area contributed by atoms with Gasteiger partial charge in [-0.1, -0.05) is 36.0 Å². The van der Waals surface area contributed by atoms with E-state index in [9.17, 15) is 14.5 Å². The van der Waals surface area contributed by atoms with Gasteiger partial charge in [-0.3, -0.25) is 14.7 Å². The Morgan fingerprint density at radius 3 is 2.69 bits per heavy atom. The zero-order valence-corrected chi connectivity index (χ0v) is 18.9. The molecular formula is C21H20ClFN4O4S. The molecule has 32 heavy (non-hydrogen) atoms. The molecule has 0 amide bonds. The molecule has 0 fully saturated rings. The third kappa shape index (κ3) is 5.38. The van der Waals surface area contributed by atoms with E-state index in [1.807, 2.05) is 0 Å². The third-order valence-electron chi connectivity index (χ3n) is 4.41. The van der Waals surface area contributed by atoms with E-state index >= 15 is 0 Å². The Morgan fingerprint density at radius 2 is 2.06 bits per heavy atom. The topological polar surface area (TPSA) is 92.3 Å². The van der Waals surface area contributed by atoms with Gasteiger partial charge in [0.25, 0.3) is 0 Å². The molecule has 3 rings (SSSR count). The number of aryl methyl sites for hydroxylation is 1. The van der Waals surface area contributed by atoms with Crippen molar-refractivity contribution >= 4 is 23.4 Å². The summed E-state index contributed by atoms with van der Waals surface area (Å²) < 4.78 is 26.0. The highest BCUT2D eigenvalue weighted by atomic mass is 35.5. The standard InChI is InChI=1S/C21H20ClFN4O4S/c1-4-9-31-20-17(22)10-14(11-18(20)30-3)19(12-26(28)29)32-21-25-24-13(2)27(21)16-7-5-15(23)6-8-16/h4-8,10-11,19H,1,9,12H2,2-3H3/t19-/m1/s1. The Kier molecular flexibility index (Phi) is 7.70. The van der Waals surface area contributed by atoms with Crippen LogP contribution in [0.1, 0.15) is 16.6 Å². The van der Waals surface area contributed by atoms with Crippen LogP contribution in [-0.2, 0) is 0 Å². The van der Waals surface area contributed by atoms with E-state index in [1.54, 1.807) is 41.8 Å². The second-order valence-corrected chi connectivity index (χ2v) is 8.17. The number of halogens is 2. The second-order valence-electron chi connectivity index (χ2n) is 6.60. The van der Waals surface area contributed by atoms with Crippen LogP contribution in [0.5, 0.6) is 11.5 Å². The van der Waals surface area contributed by atoms with Gasteiger partial charge in [0.1, 0.15) is 23.5 Å². The van der Waals surface area contributed by atoms with Gasteiger partial charge in [0.2, 0.25) is 6.54 Å². The number of ether oxygens (including phenoxy) is 2.